The molecule has 1 aliphatic heterocycles. The summed E-state index contributed by atoms with van der Waals surface area (Å²) in [6.45, 7) is 0. The Bertz CT molecular complexity index is 883. The predicted octanol–water partition coefficient (Wildman–Crippen LogP) is 4.04. The summed E-state index contributed by atoms with van der Waals surface area (Å²) < 4.78 is 31.9. The second-order valence-electron chi connectivity index (χ2n) is 5.74. The number of carbonyl (C=O) groups is 2. The van der Waals surface area contributed by atoms with E-state index in [1.165, 1.54) is 60.7 Å². The molecule has 1 heterocycles. The zero-order valence-corrected chi connectivity index (χ0v) is 13.9. The summed E-state index contributed by atoms with van der Waals surface area (Å²) in [5.74, 6) is -1.17. The van der Waals surface area contributed by atoms with E-state index in [9.17, 15) is 18.4 Å². The molecule has 0 radical (unpaired) electrons. The first-order valence-electron chi connectivity index (χ1n) is 7.87. The summed E-state index contributed by atoms with van der Waals surface area (Å²) in [4.78, 5) is 25.7. The molecule has 1 atom stereocenters. The zero-order chi connectivity index (χ0) is 18.7. The molecule has 1 unspecified atom stereocenters. The molecule has 2 aromatic rings. The predicted molar refractivity (Wildman–Crippen MR) is 91.7 cm³/mol. The van der Waals surface area contributed by atoms with Crippen molar-refractivity contribution in [2.24, 2.45) is 0 Å². The molecular formula is C19H16F2N2O3. The number of benzene rings is 2. The minimum atomic E-state index is -0.634. The highest BCUT2D eigenvalue weighted by molar-refractivity contribution is 5.96. The molecule has 7 heteroatoms. The fraction of sp³-hybridized carbons (Fsp3) is 0.158. The smallest absolute Gasteiger partial charge is 0.326 e. The highest BCUT2D eigenvalue weighted by atomic mass is 19.1. The minimum absolute atomic E-state index is 0.00570. The van der Waals surface area contributed by atoms with Crippen LogP contribution in [0.5, 0.6) is 5.75 Å². The Balaban J connectivity index is 1.86. The van der Waals surface area contributed by atoms with Gasteiger partial charge in [0.25, 0.3) is 0 Å². The average molecular weight is 358 g/mol. The summed E-state index contributed by atoms with van der Waals surface area (Å²) in [7, 11) is 1.32. The fourth-order valence-electron chi connectivity index (χ4n) is 2.75. The van der Waals surface area contributed by atoms with Crippen LogP contribution in [0.15, 0.2) is 54.7 Å². The van der Waals surface area contributed by atoms with E-state index >= 15 is 0 Å². The highest BCUT2D eigenvalue weighted by Gasteiger charge is 2.29. The number of nitrogens with one attached hydrogen (secondary N) is 1. The van der Waals surface area contributed by atoms with Crippen LogP contribution in [0.4, 0.5) is 19.3 Å². The number of anilines is 1. The molecule has 2 amide bonds. The number of hydrogen-bond acceptors (Lipinski definition) is 3. The molecule has 5 nitrogen and oxygen atoms in total. The van der Waals surface area contributed by atoms with Gasteiger partial charge in [-0.3, -0.25) is 9.69 Å². The first-order chi connectivity index (χ1) is 12.5. The van der Waals surface area contributed by atoms with E-state index in [0.717, 1.165) is 0 Å². The van der Waals surface area contributed by atoms with Gasteiger partial charge in [-0.25, -0.2) is 13.6 Å². The lowest BCUT2D eigenvalue weighted by Gasteiger charge is -2.31. The van der Waals surface area contributed by atoms with Crippen LogP contribution in [0.2, 0.25) is 0 Å². The summed E-state index contributed by atoms with van der Waals surface area (Å²) in [5, 5.41) is 2.63. The third-order valence-electron chi connectivity index (χ3n) is 4.02. The van der Waals surface area contributed by atoms with Crippen molar-refractivity contribution in [3.05, 3.63) is 71.9 Å². The number of methoxy groups -OCH3 is 1. The lowest BCUT2D eigenvalue weighted by molar-refractivity contribution is -0.116. The largest absolute Gasteiger partial charge is 0.494 e. The molecular weight excluding hydrogens is 342 g/mol. The van der Waals surface area contributed by atoms with E-state index < -0.39 is 23.7 Å². The third-order valence-corrected chi connectivity index (χ3v) is 4.02. The van der Waals surface area contributed by atoms with Crippen LogP contribution in [-0.2, 0) is 4.79 Å². The van der Waals surface area contributed by atoms with E-state index in [0.29, 0.717) is 11.3 Å². The van der Waals surface area contributed by atoms with Crippen LogP contribution in [0, 0.1) is 11.6 Å². The zero-order valence-electron chi connectivity index (χ0n) is 13.9. The third kappa shape index (κ3) is 3.72. The molecule has 0 saturated carbocycles. The van der Waals surface area contributed by atoms with Gasteiger partial charge in [0, 0.05) is 24.4 Å². The SMILES string of the molecule is COc1cc(NC(=O)N2C=CC(=O)CC2c2cccc(F)c2)ccc1F. The van der Waals surface area contributed by atoms with Crippen molar-refractivity contribution in [2.45, 2.75) is 12.5 Å². The van der Waals surface area contributed by atoms with Gasteiger partial charge in [0.15, 0.2) is 17.3 Å². The van der Waals surface area contributed by atoms with Crippen molar-refractivity contribution in [1.82, 2.24) is 4.90 Å². The Morgan fingerprint density at radius 1 is 1.23 bits per heavy atom. The van der Waals surface area contributed by atoms with Crippen molar-refractivity contribution in [2.75, 3.05) is 12.4 Å². The van der Waals surface area contributed by atoms with Gasteiger partial charge in [0.2, 0.25) is 0 Å². The first kappa shape index (κ1) is 17.6. The maximum atomic E-state index is 13.5. The van der Waals surface area contributed by atoms with E-state index in [1.807, 2.05) is 0 Å². The van der Waals surface area contributed by atoms with Crippen molar-refractivity contribution in [3.63, 3.8) is 0 Å². The quantitative estimate of drug-likeness (QED) is 0.901. The Morgan fingerprint density at radius 3 is 2.77 bits per heavy atom. The molecule has 0 saturated heterocycles. The number of allylic oxidation sites excluding steroid dienone is 1. The highest BCUT2D eigenvalue weighted by Crippen LogP contribution is 2.30. The lowest BCUT2D eigenvalue weighted by Crippen LogP contribution is -2.37. The molecule has 3 rings (SSSR count). The molecule has 0 spiro atoms. The molecule has 0 aliphatic carbocycles. The Labute approximate surface area is 148 Å². The van der Waals surface area contributed by atoms with E-state index in [4.69, 9.17) is 4.74 Å². The van der Waals surface area contributed by atoms with Gasteiger partial charge in [-0.05, 0) is 35.9 Å². The van der Waals surface area contributed by atoms with Crippen LogP contribution in [0.1, 0.15) is 18.0 Å². The Hall–Kier alpha value is -3.22. The van der Waals surface area contributed by atoms with Crippen molar-refractivity contribution in [3.8, 4) is 5.75 Å². The maximum Gasteiger partial charge on any atom is 0.326 e. The number of amides is 2. The topological polar surface area (TPSA) is 58.6 Å². The summed E-state index contributed by atoms with van der Waals surface area (Å²) in [5.41, 5.74) is 0.839. The standard InChI is InChI=1S/C19H16F2N2O3/c1-26-18-10-14(5-6-16(18)21)22-19(25)23-8-7-15(24)11-17(23)12-3-2-4-13(20)9-12/h2-10,17H,11H2,1H3,(H,22,25). The van der Waals surface area contributed by atoms with Crippen LogP contribution in [0.25, 0.3) is 0 Å². The Kier molecular flexibility index (Phi) is 4.97. The number of carbonyl (C=O) groups excluding carboxylic acids is 2. The molecule has 1 N–H and O–H groups in total. The van der Waals surface area contributed by atoms with E-state index in [1.54, 1.807) is 6.07 Å². The molecule has 0 bridgehead atoms. The van der Waals surface area contributed by atoms with Gasteiger partial charge in [-0.15, -0.1) is 0 Å². The number of hydrogen-bond donors (Lipinski definition) is 1. The van der Waals surface area contributed by atoms with Crippen molar-refractivity contribution in [1.29, 1.82) is 0 Å². The molecule has 0 aromatic heterocycles. The molecule has 26 heavy (non-hydrogen) atoms. The monoisotopic (exact) mass is 358 g/mol. The number of ketones is 1. The van der Waals surface area contributed by atoms with Gasteiger partial charge >= 0.3 is 6.03 Å². The van der Waals surface area contributed by atoms with Gasteiger partial charge in [-0.1, -0.05) is 12.1 Å². The van der Waals surface area contributed by atoms with Gasteiger partial charge in [-0.2, -0.15) is 0 Å². The summed E-state index contributed by atoms with van der Waals surface area (Å²) in [6, 6.07) is 8.51. The van der Waals surface area contributed by atoms with Crippen LogP contribution >= 0.6 is 0 Å². The minimum Gasteiger partial charge on any atom is -0.494 e. The average Bonchev–Trinajstić information content (AvgIpc) is 2.63. The summed E-state index contributed by atoms with van der Waals surface area (Å²) in [6.07, 6.45) is 2.69. The van der Waals surface area contributed by atoms with E-state index in [2.05, 4.69) is 5.32 Å². The van der Waals surface area contributed by atoms with E-state index in [-0.39, 0.29) is 18.0 Å². The fourth-order valence-corrected chi connectivity index (χ4v) is 2.75. The summed E-state index contributed by atoms with van der Waals surface area (Å²) >= 11 is 0. The van der Waals surface area contributed by atoms with Crippen molar-refractivity contribution < 1.29 is 23.1 Å². The number of urea groups is 1. The number of nitrogens with zero attached hydrogens (tertiary/aromatic N) is 1. The molecule has 2 aromatic carbocycles. The maximum absolute atomic E-state index is 13.5. The number of halogens is 2. The Morgan fingerprint density at radius 2 is 2.04 bits per heavy atom. The van der Waals surface area contributed by atoms with Crippen LogP contribution in [-0.4, -0.2) is 23.8 Å². The van der Waals surface area contributed by atoms with Gasteiger partial charge in [0.05, 0.1) is 13.2 Å². The molecule has 0 fully saturated rings. The van der Waals surface area contributed by atoms with Crippen LogP contribution in [0.3, 0.4) is 0 Å². The normalized spacial score (nSPS) is 16.5. The molecule has 134 valence electrons. The second kappa shape index (κ2) is 7.35. The van der Waals surface area contributed by atoms with Gasteiger partial charge < -0.3 is 10.1 Å². The van der Waals surface area contributed by atoms with Crippen molar-refractivity contribution >= 4 is 17.5 Å². The number of rotatable bonds is 3. The van der Waals surface area contributed by atoms with Gasteiger partial charge in [0.1, 0.15) is 5.82 Å². The lowest BCUT2D eigenvalue weighted by atomic mass is 9.97. The number of ether oxygens (including phenoxy) is 1. The second-order valence-corrected chi connectivity index (χ2v) is 5.74. The molecule has 1 aliphatic rings. The van der Waals surface area contributed by atoms with Crippen LogP contribution < -0.4 is 10.1 Å². The first-order valence-corrected chi connectivity index (χ1v) is 7.87.